The minimum Gasteiger partial charge on any atom is -0.497 e. The first-order valence-corrected chi connectivity index (χ1v) is 11.0. The number of carboxylic acids is 1. The van der Waals surface area contributed by atoms with Crippen molar-refractivity contribution in [1.29, 1.82) is 0 Å². The Labute approximate surface area is 209 Å². The summed E-state index contributed by atoms with van der Waals surface area (Å²) in [6.07, 6.45) is -4.82. The van der Waals surface area contributed by atoms with Crippen molar-refractivity contribution in [3.05, 3.63) is 88.2 Å². The number of hydrogen-bond acceptors (Lipinski definition) is 6. The van der Waals surface area contributed by atoms with Gasteiger partial charge in [0.25, 0.3) is 5.56 Å². The van der Waals surface area contributed by atoms with E-state index in [1.807, 2.05) is 0 Å². The van der Waals surface area contributed by atoms with Crippen LogP contribution in [0.25, 0.3) is 22.0 Å². The van der Waals surface area contributed by atoms with Gasteiger partial charge in [0, 0.05) is 11.6 Å². The minimum absolute atomic E-state index is 0.0458. The fourth-order valence-corrected chi connectivity index (χ4v) is 3.52. The molecule has 6 N–H and O–H groups in total. The molecule has 0 bridgehead atoms. The third kappa shape index (κ3) is 8.07. The topological polar surface area (TPSA) is 144 Å². The van der Waals surface area contributed by atoms with E-state index in [9.17, 15) is 22.8 Å². The summed E-state index contributed by atoms with van der Waals surface area (Å²) in [6.45, 7) is 0. The lowest BCUT2D eigenvalue weighted by Crippen LogP contribution is -2.32. The summed E-state index contributed by atoms with van der Waals surface area (Å²) in [5, 5.41) is 10.4. The lowest BCUT2D eigenvalue weighted by molar-refractivity contribution is -0.138. The second-order valence-corrected chi connectivity index (χ2v) is 8.20. The van der Waals surface area contributed by atoms with Gasteiger partial charge in [-0.3, -0.25) is 14.6 Å². The Balaban J connectivity index is 0.000000208. The van der Waals surface area contributed by atoms with Gasteiger partial charge in [-0.2, -0.15) is 13.2 Å². The summed E-state index contributed by atoms with van der Waals surface area (Å²) in [6, 6.07) is 17.4. The molecular weight excluding hydrogens is 489 g/mol. The minimum atomic E-state index is -4.17. The van der Waals surface area contributed by atoms with Crippen LogP contribution in [0.2, 0.25) is 0 Å². The van der Waals surface area contributed by atoms with Crippen LogP contribution in [0, 0.1) is 0 Å². The predicted molar refractivity (Wildman–Crippen MR) is 134 cm³/mol. The molecule has 37 heavy (non-hydrogen) atoms. The van der Waals surface area contributed by atoms with Gasteiger partial charge >= 0.3 is 12.1 Å². The van der Waals surface area contributed by atoms with Crippen molar-refractivity contribution in [3.63, 3.8) is 0 Å². The van der Waals surface area contributed by atoms with Crippen molar-refractivity contribution in [2.75, 3.05) is 12.8 Å². The van der Waals surface area contributed by atoms with E-state index in [2.05, 4.69) is 9.97 Å². The second kappa shape index (κ2) is 11.6. The smallest absolute Gasteiger partial charge is 0.393 e. The van der Waals surface area contributed by atoms with Crippen LogP contribution >= 0.6 is 0 Å². The number of aromatic amines is 1. The maximum Gasteiger partial charge on any atom is 0.393 e. The quantitative estimate of drug-likeness (QED) is 0.305. The van der Waals surface area contributed by atoms with Crippen molar-refractivity contribution in [2.24, 2.45) is 5.73 Å². The van der Waals surface area contributed by atoms with Crippen molar-refractivity contribution in [2.45, 2.75) is 25.1 Å². The van der Waals surface area contributed by atoms with Crippen molar-refractivity contribution < 1.29 is 27.8 Å². The number of carbonyl (C=O) groups is 1. The summed E-state index contributed by atoms with van der Waals surface area (Å²) < 4.78 is 41.8. The summed E-state index contributed by atoms with van der Waals surface area (Å²) >= 11 is 0. The lowest BCUT2D eigenvalue weighted by atomic mass is 10.0. The molecule has 0 aliphatic carbocycles. The molecule has 0 saturated carbocycles. The van der Waals surface area contributed by atoms with Crippen LogP contribution in [0.4, 0.5) is 19.1 Å². The molecule has 0 radical (unpaired) electrons. The normalized spacial score (nSPS) is 11.9. The first-order chi connectivity index (χ1) is 17.4. The number of benzene rings is 3. The van der Waals surface area contributed by atoms with Crippen LogP contribution in [0.15, 0.2) is 71.5 Å². The second-order valence-electron chi connectivity index (χ2n) is 8.20. The Morgan fingerprint density at radius 2 is 1.65 bits per heavy atom. The Morgan fingerprint density at radius 3 is 2.24 bits per heavy atom. The number of rotatable bonds is 6. The van der Waals surface area contributed by atoms with E-state index < -0.39 is 24.6 Å². The number of H-pyrrole nitrogens is 1. The van der Waals surface area contributed by atoms with Gasteiger partial charge in [-0.15, -0.1) is 0 Å². The molecule has 0 aliphatic heterocycles. The van der Waals surface area contributed by atoms with Crippen LogP contribution in [0.1, 0.15) is 11.1 Å². The number of fused-ring (bicyclic) bond motifs is 1. The molecule has 1 heterocycles. The average molecular weight is 515 g/mol. The van der Waals surface area contributed by atoms with E-state index in [0.29, 0.717) is 11.4 Å². The number of halogens is 3. The molecule has 3 aromatic carbocycles. The third-order valence-electron chi connectivity index (χ3n) is 5.30. The number of carboxylic acid groups (broad SMARTS) is 1. The lowest BCUT2D eigenvalue weighted by Gasteiger charge is -2.08. The van der Waals surface area contributed by atoms with Crippen molar-refractivity contribution >= 4 is 22.7 Å². The molecule has 4 aromatic rings. The van der Waals surface area contributed by atoms with Gasteiger partial charge in [-0.1, -0.05) is 48.5 Å². The van der Waals surface area contributed by atoms with Crippen molar-refractivity contribution in [1.82, 2.24) is 9.97 Å². The number of nitrogen functional groups attached to an aromatic ring is 1. The highest BCUT2D eigenvalue weighted by atomic mass is 19.4. The predicted octanol–water partition coefficient (Wildman–Crippen LogP) is 3.93. The zero-order valence-electron chi connectivity index (χ0n) is 19.8. The number of alkyl halides is 3. The first-order valence-electron chi connectivity index (χ1n) is 11.0. The molecular formula is C26H25F3N4O4. The number of nitrogens with two attached hydrogens (primary N) is 2. The first kappa shape index (κ1) is 27.2. The monoisotopic (exact) mass is 514 g/mol. The SMILES string of the molecule is COc1ccc2cc(CC(F)(F)F)ccc2c1.Nc1nc(-c2ccc(CC(N)C(=O)O)cc2)cc(=O)[nH]1. The molecule has 194 valence electrons. The molecule has 0 spiro atoms. The van der Waals surface area contributed by atoms with E-state index >= 15 is 0 Å². The van der Waals surface area contributed by atoms with Gasteiger partial charge in [0.15, 0.2) is 0 Å². The van der Waals surface area contributed by atoms with Gasteiger partial charge in [-0.05, 0) is 40.5 Å². The number of nitrogens with zero attached hydrogens (tertiary/aromatic N) is 1. The Bertz CT molecular complexity index is 1440. The highest BCUT2D eigenvalue weighted by Gasteiger charge is 2.27. The van der Waals surface area contributed by atoms with E-state index in [0.717, 1.165) is 21.9 Å². The van der Waals surface area contributed by atoms with Gasteiger partial charge in [0.2, 0.25) is 5.95 Å². The van der Waals surface area contributed by atoms with Gasteiger partial charge in [-0.25, -0.2) is 4.98 Å². The van der Waals surface area contributed by atoms with Crippen LogP contribution in [-0.4, -0.2) is 40.4 Å². The fraction of sp³-hybridized carbons (Fsp3) is 0.192. The average Bonchev–Trinajstić information content (AvgIpc) is 2.83. The van der Waals surface area contributed by atoms with Gasteiger partial charge < -0.3 is 21.3 Å². The number of anilines is 1. The zero-order chi connectivity index (χ0) is 27.2. The van der Waals surface area contributed by atoms with Crippen molar-refractivity contribution in [3.8, 4) is 17.0 Å². The molecule has 0 saturated heterocycles. The molecule has 1 unspecified atom stereocenters. The van der Waals surface area contributed by atoms with Crippen LogP contribution < -0.4 is 21.8 Å². The number of aliphatic carboxylic acids is 1. The molecule has 0 fully saturated rings. The summed E-state index contributed by atoms with van der Waals surface area (Å²) in [4.78, 5) is 28.4. The molecule has 0 aliphatic rings. The Kier molecular flexibility index (Phi) is 8.51. The van der Waals surface area contributed by atoms with Crippen LogP contribution in [0.5, 0.6) is 5.75 Å². The Hall–Kier alpha value is -4.38. The van der Waals surface area contributed by atoms with Gasteiger partial charge in [0.1, 0.15) is 11.8 Å². The van der Waals surface area contributed by atoms with E-state index in [1.165, 1.54) is 12.1 Å². The number of ether oxygens (including phenoxy) is 1. The van der Waals surface area contributed by atoms with Gasteiger partial charge in [0.05, 0.1) is 19.2 Å². The third-order valence-corrected chi connectivity index (χ3v) is 5.30. The van der Waals surface area contributed by atoms with Crippen LogP contribution in [-0.2, 0) is 17.6 Å². The number of nitrogens with one attached hydrogen (secondary N) is 1. The molecule has 1 aromatic heterocycles. The highest BCUT2D eigenvalue weighted by molar-refractivity contribution is 5.84. The molecule has 0 amide bonds. The van der Waals surface area contributed by atoms with E-state index in [1.54, 1.807) is 61.7 Å². The van der Waals surface area contributed by atoms with E-state index in [4.69, 9.17) is 21.3 Å². The molecule has 4 rings (SSSR count). The summed E-state index contributed by atoms with van der Waals surface area (Å²) in [5.74, 6) is -0.302. The summed E-state index contributed by atoms with van der Waals surface area (Å²) in [7, 11) is 1.55. The maximum absolute atomic E-state index is 12.2. The number of aromatic nitrogens is 2. The number of methoxy groups -OCH3 is 1. The fourth-order valence-electron chi connectivity index (χ4n) is 3.52. The highest BCUT2D eigenvalue weighted by Crippen LogP contribution is 2.26. The maximum atomic E-state index is 12.2. The standard InChI is InChI=1S/C13H11F3O.C13H14N4O3/c1-17-12-5-4-10-6-9(8-13(14,15)16)2-3-11(10)7-12;14-9(12(19)20)5-7-1-3-8(4-2-7)10-6-11(18)17-13(15)16-10/h2-7H,8H2,1H3;1-4,6,9H,5,14H2,(H,19,20)(H3,15,16,17,18). The molecule has 8 nitrogen and oxygen atoms in total. The molecule has 11 heteroatoms. The largest absolute Gasteiger partial charge is 0.497 e. The Morgan fingerprint density at radius 1 is 1.03 bits per heavy atom. The van der Waals surface area contributed by atoms with E-state index in [-0.39, 0.29) is 23.5 Å². The summed E-state index contributed by atoms with van der Waals surface area (Å²) in [5.41, 5.74) is 12.9. The van der Waals surface area contributed by atoms with Crippen LogP contribution in [0.3, 0.4) is 0 Å². The number of hydrogen-bond donors (Lipinski definition) is 4. The zero-order valence-corrected chi connectivity index (χ0v) is 19.8. The molecule has 1 atom stereocenters.